The molecule has 9 nitrogen and oxygen atoms in total. The summed E-state index contributed by atoms with van der Waals surface area (Å²) in [6.07, 6.45) is 1.06. The minimum atomic E-state index is -0.992. The van der Waals surface area contributed by atoms with E-state index in [4.69, 9.17) is 9.97 Å². The number of thioether (sulfide) groups is 1. The zero-order valence-electron chi connectivity index (χ0n) is 19.5. The predicted molar refractivity (Wildman–Crippen MR) is 131 cm³/mol. The molecule has 5 rings (SSSR count). The highest BCUT2D eigenvalue weighted by Gasteiger charge is 2.44. The molecule has 182 valence electrons. The zero-order chi connectivity index (χ0) is 23.8. The Morgan fingerprint density at radius 2 is 2.03 bits per heavy atom. The molecule has 2 saturated carbocycles. The summed E-state index contributed by atoms with van der Waals surface area (Å²) in [6, 6.07) is 8.42. The van der Waals surface area contributed by atoms with Crippen LogP contribution in [0.25, 0.3) is 11.2 Å². The Bertz CT molecular complexity index is 1160. The van der Waals surface area contributed by atoms with Crippen LogP contribution in [0.4, 0.5) is 5.82 Å². The minimum Gasteiger partial charge on any atom is -0.396 e. The standard InChI is InChI=1S/C24H32N6O3S/c1-3-9-34-24-26-22(25-17-12-16(17)14-6-4-5-13(2)10-14)19-23(27-24)30(29-28-19)18-11-15(7-8-31)20(32)21(18)33/h4-6,10,15-18,20-21,31-33H,3,7-9,11-12H2,1-2H3,(H,25,26,27). The van der Waals surface area contributed by atoms with E-state index < -0.39 is 18.2 Å². The van der Waals surface area contributed by atoms with Gasteiger partial charge in [-0.25, -0.2) is 14.6 Å². The van der Waals surface area contributed by atoms with Crippen molar-refractivity contribution >= 4 is 28.7 Å². The van der Waals surface area contributed by atoms with Crippen LogP contribution in [-0.4, -0.2) is 70.9 Å². The lowest BCUT2D eigenvalue weighted by Gasteiger charge is -2.17. The molecule has 2 aliphatic carbocycles. The molecule has 6 unspecified atom stereocenters. The normalized spacial score (nSPS) is 28.5. The van der Waals surface area contributed by atoms with E-state index in [2.05, 4.69) is 53.7 Å². The second kappa shape index (κ2) is 9.77. The first-order valence-electron chi connectivity index (χ1n) is 12.1. The van der Waals surface area contributed by atoms with E-state index in [1.165, 1.54) is 11.1 Å². The van der Waals surface area contributed by atoms with Gasteiger partial charge in [-0.1, -0.05) is 53.7 Å². The number of aromatic nitrogens is 5. The summed E-state index contributed by atoms with van der Waals surface area (Å²) in [4.78, 5) is 9.50. The number of aliphatic hydroxyl groups excluding tert-OH is 3. The Kier molecular flexibility index (Phi) is 6.74. The smallest absolute Gasteiger partial charge is 0.191 e. The first-order chi connectivity index (χ1) is 16.5. The van der Waals surface area contributed by atoms with Gasteiger partial charge >= 0.3 is 0 Å². The number of hydrogen-bond acceptors (Lipinski definition) is 9. The Labute approximate surface area is 203 Å². The van der Waals surface area contributed by atoms with Crippen LogP contribution in [-0.2, 0) is 0 Å². The van der Waals surface area contributed by atoms with Crippen molar-refractivity contribution in [3.05, 3.63) is 35.4 Å². The van der Waals surface area contributed by atoms with Crippen molar-refractivity contribution in [2.45, 2.75) is 74.9 Å². The van der Waals surface area contributed by atoms with Crippen molar-refractivity contribution in [3.63, 3.8) is 0 Å². The number of rotatable bonds is 9. The van der Waals surface area contributed by atoms with Crippen molar-refractivity contribution in [1.29, 1.82) is 0 Å². The maximum atomic E-state index is 10.7. The van der Waals surface area contributed by atoms with Crippen LogP contribution < -0.4 is 5.32 Å². The number of hydrogen-bond donors (Lipinski definition) is 4. The molecular weight excluding hydrogens is 452 g/mol. The van der Waals surface area contributed by atoms with Crippen LogP contribution in [0.15, 0.2) is 29.4 Å². The molecule has 0 aliphatic heterocycles. The van der Waals surface area contributed by atoms with Gasteiger partial charge in [0.1, 0.15) is 6.10 Å². The largest absolute Gasteiger partial charge is 0.396 e. The fourth-order valence-corrected chi connectivity index (χ4v) is 5.68. The first-order valence-corrected chi connectivity index (χ1v) is 13.0. The van der Waals surface area contributed by atoms with Crippen LogP contribution in [0.1, 0.15) is 55.7 Å². The average Bonchev–Trinajstić information content (AvgIpc) is 3.38. The Hall–Kier alpha value is -2.27. The lowest BCUT2D eigenvalue weighted by Crippen LogP contribution is -2.30. The Balaban J connectivity index is 1.45. The van der Waals surface area contributed by atoms with Crippen molar-refractivity contribution in [2.24, 2.45) is 5.92 Å². The van der Waals surface area contributed by atoms with E-state index >= 15 is 0 Å². The van der Waals surface area contributed by atoms with Crippen LogP contribution in [0.2, 0.25) is 0 Å². The molecule has 0 saturated heterocycles. The van der Waals surface area contributed by atoms with Gasteiger partial charge in [0.25, 0.3) is 0 Å². The third-order valence-electron chi connectivity index (χ3n) is 6.91. The zero-order valence-corrected chi connectivity index (χ0v) is 20.3. The molecule has 34 heavy (non-hydrogen) atoms. The van der Waals surface area contributed by atoms with E-state index in [1.807, 2.05) is 0 Å². The fraction of sp³-hybridized carbons (Fsp3) is 0.583. The maximum Gasteiger partial charge on any atom is 0.191 e. The SMILES string of the molecule is CCCSc1nc(NC2CC2c2cccc(C)c2)c2nnn(C3CC(CCO)C(O)C3O)c2n1. The molecule has 1 aromatic carbocycles. The number of benzene rings is 1. The highest BCUT2D eigenvalue weighted by Crippen LogP contribution is 2.44. The fourth-order valence-electron chi connectivity index (χ4n) is 4.99. The number of nitrogens with zero attached hydrogens (tertiary/aromatic N) is 5. The molecular formula is C24H32N6O3S. The van der Waals surface area contributed by atoms with E-state index in [9.17, 15) is 15.3 Å². The van der Waals surface area contributed by atoms with Crippen molar-refractivity contribution in [3.8, 4) is 0 Å². The van der Waals surface area contributed by atoms with E-state index in [1.54, 1.807) is 16.4 Å². The summed E-state index contributed by atoms with van der Waals surface area (Å²) in [5.74, 6) is 1.79. The van der Waals surface area contributed by atoms with Crippen LogP contribution in [0.5, 0.6) is 0 Å². The topological polar surface area (TPSA) is 129 Å². The molecule has 0 bridgehead atoms. The Morgan fingerprint density at radius 3 is 2.79 bits per heavy atom. The van der Waals surface area contributed by atoms with Crippen LogP contribution in [0.3, 0.4) is 0 Å². The monoisotopic (exact) mass is 484 g/mol. The van der Waals surface area contributed by atoms with Gasteiger partial charge in [-0.2, -0.15) is 0 Å². The van der Waals surface area contributed by atoms with E-state index in [0.29, 0.717) is 40.9 Å². The molecule has 2 heterocycles. The highest BCUT2D eigenvalue weighted by atomic mass is 32.2. The van der Waals surface area contributed by atoms with Gasteiger partial charge in [-0.05, 0) is 44.1 Å². The Morgan fingerprint density at radius 1 is 1.18 bits per heavy atom. The summed E-state index contributed by atoms with van der Waals surface area (Å²) in [6.45, 7) is 4.19. The van der Waals surface area contributed by atoms with E-state index in [0.717, 1.165) is 18.6 Å². The van der Waals surface area contributed by atoms with Gasteiger partial charge in [0, 0.05) is 24.3 Å². The van der Waals surface area contributed by atoms with Gasteiger partial charge in [0.05, 0.1) is 12.1 Å². The van der Waals surface area contributed by atoms with Gasteiger partial charge in [-0.15, -0.1) is 5.10 Å². The molecule has 2 aromatic heterocycles. The molecule has 0 spiro atoms. The molecule has 10 heteroatoms. The number of nitrogens with one attached hydrogen (secondary N) is 1. The van der Waals surface area contributed by atoms with Gasteiger partial charge in [0.15, 0.2) is 22.1 Å². The average molecular weight is 485 g/mol. The third-order valence-corrected chi connectivity index (χ3v) is 7.96. The van der Waals surface area contributed by atoms with Crippen molar-refractivity contribution < 1.29 is 15.3 Å². The number of aryl methyl sites for hydroxylation is 1. The molecule has 2 aliphatic rings. The molecule has 4 N–H and O–H groups in total. The van der Waals surface area contributed by atoms with Crippen molar-refractivity contribution in [2.75, 3.05) is 17.7 Å². The summed E-state index contributed by atoms with van der Waals surface area (Å²) < 4.78 is 1.63. The second-order valence-corrected chi connectivity index (χ2v) is 10.5. The number of anilines is 1. The van der Waals surface area contributed by atoms with Crippen molar-refractivity contribution in [1.82, 2.24) is 25.0 Å². The van der Waals surface area contributed by atoms with Gasteiger partial charge in [0.2, 0.25) is 0 Å². The molecule has 6 atom stereocenters. The second-order valence-electron chi connectivity index (χ2n) is 9.47. The summed E-state index contributed by atoms with van der Waals surface area (Å²) >= 11 is 1.58. The van der Waals surface area contributed by atoms with Gasteiger partial charge in [-0.3, -0.25) is 0 Å². The lowest BCUT2D eigenvalue weighted by atomic mass is 10.0. The summed E-state index contributed by atoms with van der Waals surface area (Å²) in [7, 11) is 0. The van der Waals surface area contributed by atoms with E-state index in [-0.39, 0.29) is 18.6 Å². The lowest BCUT2D eigenvalue weighted by molar-refractivity contribution is 0.00107. The molecule has 3 aromatic rings. The molecule has 2 fully saturated rings. The highest BCUT2D eigenvalue weighted by molar-refractivity contribution is 7.99. The first kappa shape index (κ1) is 23.5. The minimum absolute atomic E-state index is 0.0309. The summed E-state index contributed by atoms with van der Waals surface area (Å²) in [5, 5.41) is 43.4. The summed E-state index contributed by atoms with van der Waals surface area (Å²) in [5.41, 5.74) is 3.71. The molecule has 0 amide bonds. The van der Waals surface area contributed by atoms with Crippen LogP contribution >= 0.6 is 11.8 Å². The maximum absolute atomic E-state index is 10.7. The number of aliphatic hydroxyl groups is 3. The number of fused-ring (bicyclic) bond motifs is 1. The third kappa shape index (κ3) is 4.51. The van der Waals surface area contributed by atoms with Crippen LogP contribution in [0, 0.1) is 12.8 Å². The van der Waals surface area contributed by atoms with Gasteiger partial charge < -0.3 is 20.6 Å². The quantitative estimate of drug-likeness (QED) is 0.267. The predicted octanol–water partition coefficient (Wildman–Crippen LogP) is 2.67. The molecule has 0 radical (unpaired) electrons.